The van der Waals surface area contributed by atoms with E-state index in [4.69, 9.17) is 0 Å². The van der Waals surface area contributed by atoms with E-state index in [2.05, 4.69) is 15.3 Å². The van der Waals surface area contributed by atoms with E-state index in [1.807, 2.05) is 6.92 Å². The molecule has 1 fully saturated rings. The minimum atomic E-state index is -0.820. The highest BCUT2D eigenvalue weighted by atomic mass is 16.4. The number of carboxylic acids is 1. The maximum Gasteiger partial charge on any atom is 0.317 e. The maximum absolute atomic E-state index is 12.0. The summed E-state index contributed by atoms with van der Waals surface area (Å²) in [4.78, 5) is 31.6. The van der Waals surface area contributed by atoms with Gasteiger partial charge in [-0.3, -0.25) is 4.79 Å². The van der Waals surface area contributed by atoms with Crippen LogP contribution in [-0.4, -0.2) is 45.1 Å². The van der Waals surface area contributed by atoms with Crippen molar-refractivity contribution in [2.45, 2.75) is 26.3 Å². The first-order valence-electron chi connectivity index (χ1n) is 6.31. The number of likely N-dealkylation sites (tertiary alicyclic amines) is 1. The van der Waals surface area contributed by atoms with Gasteiger partial charge in [-0.15, -0.1) is 0 Å². The van der Waals surface area contributed by atoms with Crippen LogP contribution in [0.4, 0.5) is 4.79 Å². The molecule has 7 nitrogen and oxygen atoms in total. The molecule has 0 spiro atoms. The topological polar surface area (TPSA) is 98.3 Å². The Morgan fingerprint density at radius 1 is 1.63 bits per heavy atom. The minimum Gasteiger partial charge on any atom is -0.481 e. The number of hydrogen-bond acceptors (Lipinski definition) is 3. The van der Waals surface area contributed by atoms with Gasteiger partial charge in [-0.25, -0.2) is 9.78 Å². The number of carboxylic acid groups (broad SMARTS) is 1. The molecule has 104 valence electrons. The smallest absolute Gasteiger partial charge is 0.317 e. The quantitative estimate of drug-likeness (QED) is 0.751. The van der Waals surface area contributed by atoms with Crippen LogP contribution < -0.4 is 5.32 Å². The second-order valence-corrected chi connectivity index (χ2v) is 4.85. The minimum absolute atomic E-state index is 0.230. The molecule has 0 saturated carbocycles. The number of nitrogens with zero attached hydrogens (tertiary/aromatic N) is 2. The average Bonchev–Trinajstić information content (AvgIpc) is 3.05. The van der Waals surface area contributed by atoms with Crippen LogP contribution in [0.1, 0.15) is 25.5 Å². The second-order valence-electron chi connectivity index (χ2n) is 4.85. The number of carbonyl (C=O) groups is 2. The molecular weight excluding hydrogens is 248 g/mol. The van der Waals surface area contributed by atoms with Crippen molar-refractivity contribution < 1.29 is 14.7 Å². The molecule has 0 aliphatic carbocycles. The number of aliphatic carboxylic acids is 1. The Bertz CT molecular complexity index is 460. The Labute approximate surface area is 111 Å². The molecule has 3 N–H and O–H groups in total. The van der Waals surface area contributed by atoms with Gasteiger partial charge in [0.2, 0.25) is 0 Å². The van der Waals surface area contributed by atoms with Gasteiger partial charge in [0, 0.05) is 19.3 Å². The number of urea groups is 1. The third-order valence-electron chi connectivity index (χ3n) is 3.76. The summed E-state index contributed by atoms with van der Waals surface area (Å²) in [6.45, 7) is 2.96. The van der Waals surface area contributed by atoms with Gasteiger partial charge in [0.25, 0.3) is 0 Å². The van der Waals surface area contributed by atoms with Crippen LogP contribution in [0.15, 0.2) is 12.5 Å². The number of imidazole rings is 1. The summed E-state index contributed by atoms with van der Waals surface area (Å²) in [6.07, 6.45) is 4.23. The lowest BCUT2D eigenvalue weighted by molar-refractivity contribution is -0.148. The molecule has 0 radical (unpaired) electrons. The van der Waals surface area contributed by atoms with Crippen LogP contribution in [0, 0.1) is 5.41 Å². The summed E-state index contributed by atoms with van der Waals surface area (Å²) < 4.78 is 0. The molecule has 1 aromatic rings. The molecule has 1 aliphatic heterocycles. The number of rotatable bonds is 4. The van der Waals surface area contributed by atoms with Gasteiger partial charge in [0.1, 0.15) is 0 Å². The van der Waals surface area contributed by atoms with Crippen LogP contribution in [0.5, 0.6) is 0 Å². The van der Waals surface area contributed by atoms with Crippen molar-refractivity contribution in [2.24, 2.45) is 5.41 Å². The Balaban J connectivity index is 1.89. The van der Waals surface area contributed by atoms with Gasteiger partial charge in [-0.2, -0.15) is 0 Å². The highest BCUT2D eigenvalue weighted by molar-refractivity contribution is 5.79. The zero-order chi connectivity index (χ0) is 13.9. The number of H-pyrrole nitrogens is 1. The molecule has 1 aromatic heterocycles. The first kappa shape index (κ1) is 13.4. The third kappa shape index (κ3) is 2.69. The summed E-state index contributed by atoms with van der Waals surface area (Å²) in [6, 6.07) is -0.230. The number of aromatic amines is 1. The zero-order valence-electron chi connectivity index (χ0n) is 10.8. The summed E-state index contributed by atoms with van der Waals surface area (Å²) in [5, 5.41) is 12.0. The zero-order valence-corrected chi connectivity index (χ0v) is 10.8. The van der Waals surface area contributed by atoms with Crippen LogP contribution in [0.3, 0.4) is 0 Å². The van der Waals surface area contributed by atoms with Crippen LogP contribution in [-0.2, 0) is 11.3 Å². The van der Waals surface area contributed by atoms with Crippen molar-refractivity contribution in [1.29, 1.82) is 0 Å². The molecule has 0 aromatic carbocycles. The average molecular weight is 266 g/mol. The monoisotopic (exact) mass is 266 g/mol. The van der Waals surface area contributed by atoms with E-state index < -0.39 is 11.4 Å². The Morgan fingerprint density at radius 2 is 2.42 bits per heavy atom. The lowest BCUT2D eigenvalue weighted by atomic mass is 9.84. The number of hydrogen-bond donors (Lipinski definition) is 3. The predicted octanol–water partition coefficient (Wildman–Crippen LogP) is 0.806. The van der Waals surface area contributed by atoms with E-state index in [1.165, 1.54) is 0 Å². The Morgan fingerprint density at radius 3 is 2.95 bits per heavy atom. The fraction of sp³-hybridized carbons (Fsp3) is 0.583. The predicted molar refractivity (Wildman–Crippen MR) is 67.4 cm³/mol. The molecule has 0 bridgehead atoms. The molecule has 1 aliphatic rings. The standard InChI is InChI=1S/C12H18N4O3/c1-2-12(10(17)18)3-4-16(7-12)11(19)14-6-9-5-13-8-15-9/h5,8H,2-4,6-7H2,1H3,(H,13,15)(H,14,19)(H,17,18). The Hall–Kier alpha value is -2.05. The van der Waals surface area contributed by atoms with E-state index in [-0.39, 0.29) is 12.6 Å². The van der Waals surface area contributed by atoms with Crippen molar-refractivity contribution in [3.05, 3.63) is 18.2 Å². The number of carbonyl (C=O) groups excluding carboxylic acids is 1. The number of amides is 2. The summed E-state index contributed by atoms with van der Waals surface area (Å²) in [7, 11) is 0. The fourth-order valence-corrected chi connectivity index (χ4v) is 2.32. The van der Waals surface area contributed by atoms with E-state index >= 15 is 0 Å². The molecule has 1 atom stereocenters. The van der Waals surface area contributed by atoms with Gasteiger partial charge in [-0.1, -0.05) is 6.92 Å². The lowest BCUT2D eigenvalue weighted by Gasteiger charge is -2.23. The number of nitrogens with one attached hydrogen (secondary N) is 2. The van der Waals surface area contributed by atoms with Crippen molar-refractivity contribution in [2.75, 3.05) is 13.1 Å². The first-order valence-corrected chi connectivity index (χ1v) is 6.31. The van der Waals surface area contributed by atoms with Gasteiger partial charge < -0.3 is 20.3 Å². The van der Waals surface area contributed by atoms with E-state index in [0.29, 0.717) is 25.9 Å². The normalized spacial score (nSPS) is 22.5. The van der Waals surface area contributed by atoms with Crippen LogP contribution in [0.2, 0.25) is 0 Å². The van der Waals surface area contributed by atoms with Gasteiger partial charge in [-0.05, 0) is 12.8 Å². The maximum atomic E-state index is 12.0. The molecule has 1 unspecified atom stereocenters. The molecule has 2 amide bonds. The van der Waals surface area contributed by atoms with E-state index in [1.54, 1.807) is 17.4 Å². The van der Waals surface area contributed by atoms with Crippen molar-refractivity contribution in [3.63, 3.8) is 0 Å². The Kier molecular flexibility index (Phi) is 3.73. The SMILES string of the molecule is CCC1(C(=O)O)CCN(C(=O)NCc2cnc[nH]2)C1. The van der Waals surface area contributed by atoms with E-state index in [0.717, 1.165) is 5.69 Å². The summed E-state index contributed by atoms with van der Waals surface area (Å²) in [5.41, 5.74) is 0.0262. The van der Waals surface area contributed by atoms with Crippen molar-refractivity contribution >= 4 is 12.0 Å². The number of aromatic nitrogens is 2. The highest BCUT2D eigenvalue weighted by Crippen LogP contribution is 2.34. The van der Waals surface area contributed by atoms with Crippen molar-refractivity contribution in [1.82, 2.24) is 20.2 Å². The molecule has 2 heterocycles. The summed E-state index contributed by atoms with van der Waals surface area (Å²) in [5.74, 6) is -0.820. The molecule has 1 saturated heterocycles. The van der Waals surface area contributed by atoms with Gasteiger partial charge in [0.05, 0.1) is 24.0 Å². The summed E-state index contributed by atoms with van der Waals surface area (Å²) >= 11 is 0. The largest absolute Gasteiger partial charge is 0.481 e. The molecule has 19 heavy (non-hydrogen) atoms. The van der Waals surface area contributed by atoms with Gasteiger partial charge >= 0.3 is 12.0 Å². The first-order chi connectivity index (χ1) is 9.07. The van der Waals surface area contributed by atoms with Gasteiger partial charge in [0.15, 0.2) is 0 Å². The lowest BCUT2D eigenvalue weighted by Crippen LogP contribution is -2.41. The van der Waals surface area contributed by atoms with E-state index in [9.17, 15) is 14.7 Å². The second kappa shape index (κ2) is 5.29. The van der Waals surface area contributed by atoms with Crippen molar-refractivity contribution in [3.8, 4) is 0 Å². The van der Waals surface area contributed by atoms with Crippen LogP contribution >= 0.6 is 0 Å². The fourth-order valence-electron chi connectivity index (χ4n) is 2.32. The van der Waals surface area contributed by atoms with Crippen LogP contribution in [0.25, 0.3) is 0 Å². The highest BCUT2D eigenvalue weighted by Gasteiger charge is 2.44. The molecular formula is C12H18N4O3. The molecule has 7 heteroatoms. The molecule has 2 rings (SSSR count). The third-order valence-corrected chi connectivity index (χ3v) is 3.76.